The maximum atomic E-state index is 5.54. The number of rotatable bonds is 2. The van der Waals surface area contributed by atoms with Crippen molar-refractivity contribution in [3.05, 3.63) is 28.7 Å². The van der Waals surface area contributed by atoms with Crippen LogP contribution in [0.1, 0.15) is 0 Å². The maximum absolute atomic E-state index is 5.54. The van der Waals surface area contributed by atoms with E-state index < -0.39 is 0 Å². The van der Waals surface area contributed by atoms with Gasteiger partial charge in [-0.1, -0.05) is 33.8 Å². The highest BCUT2D eigenvalue weighted by molar-refractivity contribution is 9.10. The van der Waals surface area contributed by atoms with Crippen LogP contribution in [0.2, 0.25) is 0 Å². The lowest BCUT2D eigenvalue weighted by atomic mass is 10.4. The molecule has 1 heterocycles. The van der Waals surface area contributed by atoms with Crippen LogP contribution in [0.25, 0.3) is 0 Å². The number of hydrogen-bond acceptors (Lipinski definition) is 3. The summed E-state index contributed by atoms with van der Waals surface area (Å²) >= 11 is 5.14. The molecule has 2 rings (SSSR count). The molecule has 1 aromatic carbocycles. The Morgan fingerprint density at radius 2 is 2.29 bits per heavy atom. The largest absolute Gasteiger partial charge is 0.375 e. The standard InChI is InChI=1S/C10H11BrO2S/c11-8-2-1-3-9(6-8)14-10-7-12-4-5-13-10/h1-3,6,10H,4-5,7H2. The van der Waals surface area contributed by atoms with Gasteiger partial charge in [-0.25, -0.2) is 0 Å². The Bertz CT molecular complexity index is 300. The highest BCUT2D eigenvalue weighted by Crippen LogP contribution is 2.27. The summed E-state index contributed by atoms with van der Waals surface area (Å²) in [6.07, 6.45) is 0. The molecule has 4 heteroatoms. The van der Waals surface area contributed by atoms with Crippen LogP contribution in [-0.4, -0.2) is 25.3 Å². The molecule has 0 radical (unpaired) electrons. The van der Waals surface area contributed by atoms with Gasteiger partial charge in [-0.2, -0.15) is 0 Å². The van der Waals surface area contributed by atoms with Gasteiger partial charge in [0.15, 0.2) is 0 Å². The van der Waals surface area contributed by atoms with Gasteiger partial charge in [0.25, 0.3) is 0 Å². The van der Waals surface area contributed by atoms with E-state index in [1.165, 1.54) is 4.90 Å². The summed E-state index contributed by atoms with van der Waals surface area (Å²) in [5.41, 5.74) is 0.137. The van der Waals surface area contributed by atoms with Crippen LogP contribution in [-0.2, 0) is 9.47 Å². The fourth-order valence-electron chi connectivity index (χ4n) is 1.23. The second-order valence-corrected chi connectivity index (χ2v) is 5.10. The Kier molecular flexibility index (Phi) is 3.87. The first-order chi connectivity index (χ1) is 6.84. The lowest BCUT2D eigenvalue weighted by Crippen LogP contribution is -2.25. The molecular formula is C10H11BrO2S. The summed E-state index contributed by atoms with van der Waals surface area (Å²) in [5.74, 6) is 0. The molecule has 1 aliphatic rings. The van der Waals surface area contributed by atoms with E-state index in [0.29, 0.717) is 13.2 Å². The van der Waals surface area contributed by atoms with E-state index >= 15 is 0 Å². The van der Waals surface area contributed by atoms with Crippen molar-refractivity contribution >= 4 is 27.7 Å². The second kappa shape index (κ2) is 5.16. The predicted molar refractivity (Wildman–Crippen MR) is 60.6 cm³/mol. The van der Waals surface area contributed by atoms with E-state index in [1.807, 2.05) is 12.1 Å². The Labute approximate surface area is 96.1 Å². The van der Waals surface area contributed by atoms with Crippen molar-refractivity contribution in [2.24, 2.45) is 0 Å². The minimum atomic E-state index is 0.137. The Hall–Kier alpha value is -0.0300. The first-order valence-corrected chi connectivity index (χ1v) is 6.13. The fourth-order valence-corrected chi connectivity index (χ4v) is 2.76. The van der Waals surface area contributed by atoms with Crippen molar-refractivity contribution in [1.82, 2.24) is 0 Å². The number of benzene rings is 1. The lowest BCUT2D eigenvalue weighted by molar-refractivity contribution is -0.0498. The van der Waals surface area contributed by atoms with Crippen molar-refractivity contribution in [1.29, 1.82) is 0 Å². The molecule has 0 aromatic heterocycles. The Balaban J connectivity index is 1.95. The van der Waals surface area contributed by atoms with Crippen LogP contribution < -0.4 is 0 Å². The molecule has 14 heavy (non-hydrogen) atoms. The van der Waals surface area contributed by atoms with Gasteiger partial charge in [-0.05, 0) is 18.2 Å². The minimum absolute atomic E-state index is 0.137. The molecular weight excluding hydrogens is 264 g/mol. The molecule has 1 fully saturated rings. The zero-order chi connectivity index (χ0) is 9.80. The molecule has 2 nitrogen and oxygen atoms in total. The van der Waals surface area contributed by atoms with Gasteiger partial charge >= 0.3 is 0 Å². The molecule has 0 aliphatic carbocycles. The third-order valence-corrected chi connectivity index (χ3v) is 3.40. The average Bonchev–Trinajstić information content (AvgIpc) is 2.19. The van der Waals surface area contributed by atoms with Crippen molar-refractivity contribution < 1.29 is 9.47 Å². The van der Waals surface area contributed by atoms with E-state index in [4.69, 9.17) is 9.47 Å². The molecule has 0 amide bonds. The van der Waals surface area contributed by atoms with E-state index in [1.54, 1.807) is 11.8 Å². The van der Waals surface area contributed by atoms with Crippen LogP contribution in [0, 0.1) is 0 Å². The second-order valence-electron chi connectivity index (χ2n) is 2.95. The summed E-state index contributed by atoms with van der Waals surface area (Å²) in [7, 11) is 0. The normalized spacial score (nSPS) is 22.2. The summed E-state index contributed by atoms with van der Waals surface area (Å²) in [6.45, 7) is 2.10. The van der Waals surface area contributed by atoms with Gasteiger partial charge in [0.1, 0.15) is 5.44 Å². The van der Waals surface area contributed by atoms with Crippen molar-refractivity contribution in [2.45, 2.75) is 10.3 Å². The van der Waals surface area contributed by atoms with Crippen molar-refractivity contribution in [2.75, 3.05) is 19.8 Å². The van der Waals surface area contributed by atoms with Crippen molar-refractivity contribution in [3.63, 3.8) is 0 Å². The van der Waals surface area contributed by atoms with Crippen LogP contribution in [0.5, 0.6) is 0 Å². The summed E-state index contributed by atoms with van der Waals surface area (Å²) < 4.78 is 12.0. The Morgan fingerprint density at radius 1 is 1.36 bits per heavy atom. The van der Waals surface area contributed by atoms with Crippen LogP contribution in [0.4, 0.5) is 0 Å². The zero-order valence-electron chi connectivity index (χ0n) is 7.61. The summed E-state index contributed by atoms with van der Waals surface area (Å²) in [4.78, 5) is 1.20. The number of thioether (sulfide) groups is 1. The van der Waals surface area contributed by atoms with Gasteiger partial charge in [-0.3, -0.25) is 0 Å². The maximum Gasteiger partial charge on any atom is 0.131 e. The van der Waals surface area contributed by atoms with E-state index in [0.717, 1.165) is 11.1 Å². The number of ether oxygens (including phenoxy) is 2. The molecule has 1 saturated heterocycles. The fraction of sp³-hybridized carbons (Fsp3) is 0.400. The van der Waals surface area contributed by atoms with Crippen LogP contribution in [0.3, 0.4) is 0 Å². The molecule has 76 valence electrons. The highest BCUT2D eigenvalue weighted by Gasteiger charge is 2.15. The SMILES string of the molecule is Brc1cccc(SC2COCCO2)c1. The predicted octanol–water partition coefficient (Wildman–Crippen LogP) is 2.91. The smallest absolute Gasteiger partial charge is 0.131 e. The third-order valence-electron chi connectivity index (χ3n) is 1.85. The highest BCUT2D eigenvalue weighted by atomic mass is 79.9. The lowest BCUT2D eigenvalue weighted by Gasteiger charge is -2.22. The van der Waals surface area contributed by atoms with Gasteiger partial charge in [0, 0.05) is 9.37 Å². The monoisotopic (exact) mass is 274 g/mol. The van der Waals surface area contributed by atoms with Crippen LogP contribution in [0.15, 0.2) is 33.6 Å². The molecule has 0 N–H and O–H groups in total. The molecule has 1 aromatic rings. The average molecular weight is 275 g/mol. The van der Waals surface area contributed by atoms with E-state index in [-0.39, 0.29) is 5.44 Å². The summed E-state index contributed by atoms with van der Waals surface area (Å²) in [6, 6.07) is 8.20. The number of halogens is 1. The molecule has 0 saturated carbocycles. The van der Waals surface area contributed by atoms with Gasteiger partial charge in [-0.15, -0.1) is 0 Å². The Morgan fingerprint density at radius 3 is 3.00 bits per heavy atom. The zero-order valence-corrected chi connectivity index (χ0v) is 10.0. The van der Waals surface area contributed by atoms with Crippen molar-refractivity contribution in [3.8, 4) is 0 Å². The molecule has 0 bridgehead atoms. The van der Waals surface area contributed by atoms with E-state index in [2.05, 4.69) is 28.1 Å². The van der Waals surface area contributed by atoms with Gasteiger partial charge in [0.2, 0.25) is 0 Å². The first kappa shape index (κ1) is 10.5. The molecule has 0 spiro atoms. The number of hydrogen-bond donors (Lipinski definition) is 0. The van der Waals surface area contributed by atoms with Gasteiger partial charge < -0.3 is 9.47 Å². The summed E-state index contributed by atoms with van der Waals surface area (Å²) in [5, 5.41) is 0. The van der Waals surface area contributed by atoms with Crippen LogP contribution >= 0.6 is 27.7 Å². The minimum Gasteiger partial charge on any atom is -0.375 e. The van der Waals surface area contributed by atoms with Gasteiger partial charge in [0.05, 0.1) is 19.8 Å². The topological polar surface area (TPSA) is 18.5 Å². The molecule has 1 atom stereocenters. The molecule has 1 aliphatic heterocycles. The van der Waals surface area contributed by atoms with E-state index in [9.17, 15) is 0 Å². The first-order valence-electron chi connectivity index (χ1n) is 4.46. The quantitative estimate of drug-likeness (QED) is 0.826. The molecule has 1 unspecified atom stereocenters. The third kappa shape index (κ3) is 2.98.